The van der Waals surface area contributed by atoms with Crippen LogP contribution in [0.1, 0.15) is 78.1 Å². The lowest BCUT2D eigenvalue weighted by molar-refractivity contribution is 0.191. The van der Waals surface area contributed by atoms with Crippen molar-refractivity contribution in [3.8, 4) is 0 Å². The summed E-state index contributed by atoms with van der Waals surface area (Å²) < 4.78 is 0. The first-order valence-corrected chi connectivity index (χ1v) is 9.80. The van der Waals surface area contributed by atoms with E-state index in [0.717, 1.165) is 23.9 Å². The fraction of sp³-hybridized carbons (Fsp3) is 1.00. The van der Waals surface area contributed by atoms with Gasteiger partial charge in [-0.3, -0.25) is 0 Å². The topological polar surface area (TPSA) is 6.48 Å². The molecule has 0 unspecified atom stereocenters. The van der Waals surface area contributed by atoms with Crippen LogP contribution in [0, 0.1) is 11.8 Å². The van der Waals surface area contributed by atoms with Crippen LogP contribution < -0.4 is 0 Å². The molecule has 0 saturated heterocycles. The Hall–Kier alpha value is -0.0800. The molecule has 0 amide bonds. The average molecular weight is 311 g/mol. The second-order valence-electron chi connectivity index (χ2n) is 8.09. The molecule has 0 aromatic heterocycles. The Bertz CT molecular complexity index is 231. The van der Waals surface area contributed by atoms with Crippen molar-refractivity contribution in [2.24, 2.45) is 11.8 Å². The first kappa shape index (κ1) is 20.0. The molecular weight excluding hydrogens is 268 g/mol. The molecule has 0 radical (unpaired) electrons. The molecule has 0 N–H and O–H groups in total. The van der Waals surface area contributed by atoms with Gasteiger partial charge >= 0.3 is 0 Å². The molecule has 0 atom stereocenters. The zero-order valence-electron chi connectivity index (χ0n) is 16.3. The van der Waals surface area contributed by atoms with Crippen molar-refractivity contribution in [3.05, 3.63) is 0 Å². The number of hydrogen-bond donors (Lipinski definition) is 0. The summed E-state index contributed by atoms with van der Waals surface area (Å²) in [6.07, 6.45) is 14.3. The lowest BCUT2D eigenvalue weighted by Gasteiger charge is -2.32. The van der Waals surface area contributed by atoms with Gasteiger partial charge in [0.05, 0.1) is 0 Å². The summed E-state index contributed by atoms with van der Waals surface area (Å²) in [6.45, 7) is 4.64. The van der Waals surface area contributed by atoms with Gasteiger partial charge < -0.3 is 9.80 Å². The maximum atomic E-state index is 2.38. The van der Waals surface area contributed by atoms with Crippen LogP contribution >= 0.6 is 0 Å². The normalized spacial score (nSPS) is 32.7. The molecule has 2 saturated carbocycles. The second-order valence-corrected chi connectivity index (χ2v) is 8.09. The van der Waals surface area contributed by atoms with Gasteiger partial charge in [-0.15, -0.1) is 0 Å². The van der Waals surface area contributed by atoms with Gasteiger partial charge in [0.2, 0.25) is 0 Å². The first-order valence-electron chi connectivity index (χ1n) is 9.80. The highest BCUT2D eigenvalue weighted by Crippen LogP contribution is 2.29. The van der Waals surface area contributed by atoms with E-state index in [2.05, 4.69) is 51.8 Å². The number of nitrogens with zero attached hydrogens (tertiary/aromatic N) is 2. The fourth-order valence-electron chi connectivity index (χ4n) is 4.14. The highest BCUT2D eigenvalue weighted by Gasteiger charge is 2.21. The SMILES string of the molecule is CCC1CCC(N(C)C)CC1.CCC1CCC(N(C)C)CC1. The fourth-order valence-corrected chi connectivity index (χ4v) is 4.14. The molecule has 22 heavy (non-hydrogen) atoms. The molecule has 2 aliphatic carbocycles. The molecule has 0 aromatic carbocycles. The minimum absolute atomic E-state index is 0.873. The van der Waals surface area contributed by atoms with E-state index in [4.69, 9.17) is 0 Å². The van der Waals surface area contributed by atoms with E-state index in [9.17, 15) is 0 Å². The van der Waals surface area contributed by atoms with Crippen LogP contribution in [0.3, 0.4) is 0 Å². The summed E-state index contributed by atoms with van der Waals surface area (Å²) in [5.74, 6) is 2.07. The third kappa shape index (κ3) is 7.00. The molecule has 0 bridgehead atoms. The van der Waals surface area contributed by atoms with Gasteiger partial charge in [0.25, 0.3) is 0 Å². The zero-order chi connectivity index (χ0) is 16.5. The minimum atomic E-state index is 0.873. The van der Waals surface area contributed by atoms with Gasteiger partial charge in [-0.2, -0.15) is 0 Å². The van der Waals surface area contributed by atoms with E-state index in [1.54, 1.807) is 0 Å². The lowest BCUT2D eigenvalue weighted by Crippen LogP contribution is -2.31. The average Bonchev–Trinajstić information content (AvgIpc) is 2.55. The van der Waals surface area contributed by atoms with E-state index in [-0.39, 0.29) is 0 Å². The maximum Gasteiger partial charge on any atom is 0.00893 e. The Morgan fingerprint density at radius 2 is 0.818 bits per heavy atom. The van der Waals surface area contributed by atoms with Crippen molar-refractivity contribution in [2.75, 3.05) is 28.2 Å². The van der Waals surface area contributed by atoms with Crippen LogP contribution in [-0.4, -0.2) is 50.1 Å². The monoisotopic (exact) mass is 310 g/mol. The highest BCUT2D eigenvalue weighted by atomic mass is 15.1. The summed E-state index contributed by atoms with van der Waals surface area (Å²) in [4.78, 5) is 4.76. The van der Waals surface area contributed by atoms with Crippen molar-refractivity contribution in [3.63, 3.8) is 0 Å². The van der Waals surface area contributed by atoms with Crippen molar-refractivity contribution < 1.29 is 0 Å². The maximum absolute atomic E-state index is 2.38. The number of hydrogen-bond acceptors (Lipinski definition) is 2. The van der Waals surface area contributed by atoms with E-state index in [1.807, 2.05) is 0 Å². The van der Waals surface area contributed by atoms with E-state index < -0.39 is 0 Å². The molecule has 2 heteroatoms. The van der Waals surface area contributed by atoms with Crippen LogP contribution in [0.15, 0.2) is 0 Å². The summed E-state index contributed by atoms with van der Waals surface area (Å²) >= 11 is 0. The Morgan fingerprint density at radius 1 is 0.545 bits per heavy atom. The predicted octanol–water partition coefficient (Wildman–Crippen LogP) is 5.03. The largest absolute Gasteiger partial charge is 0.306 e. The van der Waals surface area contributed by atoms with Gasteiger partial charge in [0, 0.05) is 12.1 Å². The third-order valence-corrected chi connectivity index (χ3v) is 6.25. The molecule has 2 nitrogen and oxygen atoms in total. The Kier molecular flexibility index (Phi) is 9.66. The summed E-state index contributed by atoms with van der Waals surface area (Å²) in [5.41, 5.74) is 0. The molecule has 0 aliphatic heterocycles. The molecule has 2 aliphatic rings. The van der Waals surface area contributed by atoms with Crippen LogP contribution in [0.4, 0.5) is 0 Å². The molecule has 2 fully saturated rings. The van der Waals surface area contributed by atoms with Crippen molar-refractivity contribution in [1.82, 2.24) is 9.80 Å². The standard InChI is InChI=1S/2C10H21N/c2*1-4-9-5-7-10(8-6-9)11(2)3/h2*9-10H,4-8H2,1-3H3. The minimum Gasteiger partial charge on any atom is -0.306 e. The van der Waals surface area contributed by atoms with Crippen LogP contribution in [-0.2, 0) is 0 Å². The van der Waals surface area contributed by atoms with E-state index >= 15 is 0 Å². The molecule has 132 valence electrons. The van der Waals surface area contributed by atoms with Crippen molar-refractivity contribution in [2.45, 2.75) is 90.1 Å². The van der Waals surface area contributed by atoms with Crippen molar-refractivity contribution in [1.29, 1.82) is 0 Å². The molecule has 0 spiro atoms. The summed E-state index contributed by atoms with van der Waals surface area (Å²) in [5, 5.41) is 0. The highest BCUT2D eigenvalue weighted by molar-refractivity contribution is 4.76. The van der Waals surface area contributed by atoms with Gasteiger partial charge in [0.15, 0.2) is 0 Å². The summed E-state index contributed by atoms with van der Waals surface area (Å²) in [7, 11) is 8.82. The van der Waals surface area contributed by atoms with Crippen molar-refractivity contribution >= 4 is 0 Å². The first-order chi connectivity index (χ1) is 10.5. The molecule has 0 heterocycles. The molecule has 2 rings (SSSR count). The predicted molar refractivity (Wildman–Crippen MR) is 99.4 cm³/mol. The summed E-state index contributed by atoms with van der Waals surface area (Å²) in [6, 6.07) is 1.75. The van der Waals surface area contributed by atoms with Gasteiger partial charge in [-0.1, -0.05) is 26.7 Å². The van der Waals surface area contributed by atoms with E-state index in [1.165, 1.54) is 64.2 Å². The smallest absolute Gasteiger partial charge is 0.00893 e. The lowest BCUT2D eigenvalue weighted by atomic mass is 9.84. The van der Waals surface area contributed by atoms with Crippen LogP contribution in [0.5, 0.6) is 0 Å². The van der Waals surface area contributed by atoms with Gasteiger partial charge in [-0.05, 0) is 91.4 Å². The van der Waals surface area contributed by atoms with Gasteiger partial charge in [0.1, 0.15) is 0 Å². The quantitative estimate of drug-likeness (QED) is 0.718. The Morgan fingerprint density at radius 3 is 1.00 bits per heavy atom. The van der Waals surface area contributed by atoms with Gasteiger partial charge in [-0.25, -0.2) is 0 Å². The Balaban J connectivity index is 0.000000220. The van der Waals surface area contributed by atoms with Crippen LogP contribution in [0.25, 0.3) is 0 Å². The Labute approximate surface area is 140 Å². The zero-order valence-corrected chi connectivity index (χ0v) is 16.3. The van der Waals surface area contributed by atoms with E-state index in [0.29, 0.717) is 0 Å². The molecular formula is C20H42N2. The third-order valence-electron chi connectivity index (χ3n) is 6.25. The molecule has 0 aromatic rings. The van der Waals surface area contributed by atoms with Crippen LogP contribution in [0.2, 0.25) is 0 Å². The number of rotatable bonds is 4. The second kappa shape index (κ2) is 10.6.